The average molecular weight is 428 g/mol. The summed E-state index contributed by atoms with van der Waals surface area (Å²) in [4.78, 5) is 37.7. The fourth-order valence-corrected chi connectivity index (χ4v) is 4.23. The summed E-state index contributed by atoms with van der Waals surface area (Å²) in [7, 11) is 0. The third kappa shape index (κ3) is 6.35. The van der Waals surface area contributed by atoms with Gasteiger partial charge in [-0.3, -0.25) is 14.4 Å². The van der Waals surface area contributed by atoms with Crippen molar-refractivity contribution < 1.29 is 23.9 Å². The van der Waals surface area contributed by atoms with Gasteiger partial charge in [0.05, 0.1) is 18.4 Å². The summed E-state index contributed by atoms with van der Waals surface area (Å²) in [6.45, 7) is 2.48. The molecule has 3 rings (SSSR count). The molecule has 158 valence electrons. The number of rotatable bonds is 9. The van der Waals surface area contributed by atoms with Gasteiger partial charge in [-0.15, -0.1) is 0 Å². The number of ether oxygens (including phenoxy) is 2. The number of para-hydroxylation sites is 1. The first-order valence-electron chi connectivity index (χ1n) is 10.0. The number of benzene rings is 2. The largest absolute Gasteiger partial charge is 0.466 e. The van der Waals surface area contributed by atoms with Gasteiger partial charge in [-0.25, -0.2) is 0 Å². The van der Waals surface area contributed by atoms with E-state index >= 15 is 0 Å². The zero-order valence-electron chi connectivity index (χ0n) is 16.9. The Morgan fingerprint density at radius 2 is 1.73 bits per heavy atom. The van der Waals surface area contributed by atoms with Crippen LogP contribution in [-0.2, 0) is 25.7 Å². The van der Waals surface area contributed by atoms with Crippen LogP contribution in [0.5, 0.6) is 11.5 Å². The van der Waals surface area contributed by atoms with Crippen LogP contribution in [0.4, 0.5) is 0 Å². The lowest BCUT2D eigenvalue weighted by Gasteiger charge is -2.24. The zero-order valence-corrected chi connectivity index (χ0v) is 17.7. The maximum atomic E-state index is 12.3. The minimum Gasteiger partial charge on any atom is -0.466 e. The molecule has 0 aromatic heterocycles. The molecular formula is C23H25NO5S. The van der Waals surface area contributed by atoms with E-state index in [4.69, 9.17) is 9.47 Å². The highest BCUT2D eigenvalue weighted by molar-refractivity contribution is 8.14. The number of nitrogens with zero attached hydrogens (tertiary/aromatic N) is 1. The minimum atomic E-state index is -0.372. The van der Waals surface area contributed by atoms with Crippen molar-refractivity contribution >= 4 is 28.8 Å². The first kappa shape index (κ1) is 21.9. The molecule has 1 fully saturated rings. The molecule has 1 heterocycles. The number of thioether (sulfide) groups is 1. The normalized spacial score (nSPS) is 15.8. The molecule has 0 radical (unpaired) electrons. The van der Waals surface area contributed by atoms with Gasteiger partial charge in [-0.1, -0.05) is 42.1 Å². The lowest BCUT2D eigenvalue weighted by Crippen LogP contribution is -2.31. The van der Waals surface area contributed by atoms with Crippen molar-refractivity contribution in [1.29, 1.82) is 0 Å². The smallest absolute Gasteiger partial charge is 0.306 e. The van der Waals surface area contributed by atoms with Gasteiger partial charge in [-0.05, 0) is 43.2 Å². The number of carbonyl (C=O) groups is 3. The van der Waals surface area contributed by atoms with Gasteiger partial charge < -0.3 is 14.4 Å². The van der Waals surface area contributed by atoms with Crippen molar-refractivity contribution in [3.05, 3.63) is 60.2 Å². The van der Waals surface area contributed by atoms with Crippen LogP contribution in [0.25, 0.3) is 0 Å². The molecular weight excluding hydrogens is 402 g/mol. The highest BCUT2D eigenvalue weighted by Gasteiger charge is 2.33. The monoisotopic (exact) mass is 427 g/mol. The average Bonchev–Trinajstić information content (AvgIpc) is 3.08. The predicted octanol–water partition coefficient (Wildman–Crippen LogP) is 4.53. The molecule has 30 heavy (non-hydrogen) atoms. The van der Waals surface area contributed by atoms with Crippen LogP contribution in [0.1, 0.15) is 38.2 Å². The van der Waals surface area contributed by atoms with Gasteiger partial charge in [0.1, 0.15) is 11.5 Å². The molecule has 0 aliphatic carbocycles. The quantitative estimate of drug-likeness (QED) is 0.548. The van der Waals surface area contributed by atoms with E-state index in [-0.39, 0.29) is 35.2 Å². The van der Waals surface area contributed by atoms with E-state index in [0.717, 1.165) is 28.8 Å². The van der Waals surface area contributed by atoms with Crippen LogP contribution < -0.4 is 4.74 Å². The molecule has 1 saturated heterocycles. The Morgan fingerprint density at radius 1 is 1.03 bits per heavy atom. The van der Waals surface area contributed by atoms with E-state index in [0.29, 0.717) is 26.0 Å². The highest BCUT2D eigenvalue weighted by Crippen LogP contribution is 2.31. The molecule has 2 aromatic rings. The van der Waals surface area contributed by atoms with Crippen molar-refractivity contribution in [2.45, 2.75) is 44.5 Å². The molecule has 6 nitrogen and oxygen atoms in total. The van der Waals surface area contributed by atoms with E-state index in [1.165, 1.54) is 0 Å². The highest BCUT2D eigenvalue weighted by atomic mass is 32.2. The van der Waals surface area contributed by atoms with Gasteiger partial charge in [0.15, 0.2) is 5.12 Å². The summed E-state index contributed by atoms with van der Waals surface area (Å²) >= 11 is 1.14. The number of likely N-dealkylation sites (tertiary alicyclic amines) is 1. The number of hydrogen-bond acceptors (Lipinski definition) is 6. The second-order valence-electron chi connectivity index (χ2n) is 6.87. The summed E-state index contributed by atoms with van der Waals surface area (Å²) < 4.78 is 10.6. The molecule has 0 spiro atoms. The van der Waals surface area contributed by atoms with E-state index < -0.39 is 0 Å². The van der Waals surface area contributed by atoms with Crippen LogP contribution in [0.15, 0.2) is 54.6 Å². The summed E-state index contributed by atoms with van der Waals surface area (Å²) in [6, 6.07) is 17.1. The summed E-state index contributed by atoms with van der Waals surface area (Å²) in [6.07, 6.45) is 1.25. The first-order chi connectivity index (χ1) is 14.5. The molecule has 1 atom stereocenters. The number of esters is 1. The Bertz CT molecular complexity index is 869. The van der Waals surface area contributed by atoms with Crippen LogP contribution in [0.2, 0.25) is 0 Å². The third-order valence-corrected chi connectivity index (χ3v) is 5.86. The van der Waals surface area contributed by atoms with Crippen molar-refractivity contribution in [1.82, 2.24) is 4.90 Å². The van der Waals surface area contributed by atoms with E-state index in [1.807, 2.05) is 54.6 Å². The topological polar surface area (TPSA) is 72.9 Å². The van der Waals surface area contributed by atoms with E-state index in [2.05, 4.69) is 0 Å². The molecule has 2 aromatic carbocycles. The number of amides is 1. The molecule has 1 amide bonds. The number of carbonyl (C=O) groups excluding carboxylic acids is 3. The summed E-state index contributed by atoms with van der Waals surface area (Å²) in [5.41, 5.74) is 0.968. The fourth-order valence-electron chi connectivity index (χ4n) is 3.15. The maximum absolute atomic E-state index is 12.3. The maximum Gasteiger partial charge on any atom is 0.306 e. The molecule has 1 aliphatic heterocycles. The third-order valence-electron chi connectivity index (χ3n) is 4.63. The predicted molar refractivity (Wildman–Crippen MR) is 115 cm³/mol. The Morgan fingerprint density at radius 3 is 2.43 bits per heavy atom. The van der Waals surface area contributed by atoms with Crippen LogP contribution in [0, 0.1) is 0 Å². The van der Waals surface area contributed by atoms with Crippen molar-refractivity contribution in [3.63, 3.8) is 0 Å². The molecule has 7 heteroatoms. The Kier molecular flexibility index (Phi) is 7.90. The summed E-state index contributed by atoms with van der Waals surface area (Å²) in [5.74, 6) is 1.15. The van der Waals surface area contributed by atoms with Gasteiger partial charge in [0.2, 0.25) is 5.91 Å². The van der Waals surface area contributed by atoms with E-state index in [9.17, 15) is 14.4 Å². The van der Waals surface area contributed by atoms with Gasteiger partial charge in [0.25, 0.3) is 0 Å². The Labute approximate surface area is 180 Å². The lowest BCUT2D eigenvalue weighted by atomic mass is 10.2. The van der Waals surface area contributed by atoms with Crippen LogP contribution in [-0.4, -0.2) is 33.9 Å². The zero-order chi connectivity index (χ0) is 21.3. The van der Waals surface area contributed by atoms with Gasteiger partial charge >= 0.3 is 5.97 Å². The van der Waals surface area contributed by atoms with Crippen molar-refractivity contribution in [3.8, 4) is 11.5 Å². The standard InChI is InChI=1S/C23H25NO5S/c1-2-28-22(26)14-15-23(27)30-21-13-12-20(25)24(21)16-17-8-10-19(11-9-17)29-18-6-4-3-5-7-18/h3-11,21H,2,12-16H2,1H3. The Hall–Kier alpha value is -2.80. The molecule has 0 saturated carbocycles. The lowest BCUT2D eigenvalue weighted by molar-refractivity contribution is -0.143. The number of hydrogen-bond donors (Lipinski definition) is 0. The summed E-state index contributed by atoms with van der Waals surface area (Å²) in [5, 5.41) is -0.299. The van der Waals surface area contributed by atoms with Crippen molar-refractivity contribution in [2.75, 3.05) is 6.61 Å². The second-order valence-corrected chi connectivity index (χ2v) is 8.10. The van der Waals surface area contributed by atoms with Crippen LogP contribution in [0.3, 0.4) is 0 Å². The fraction of sp³-hybridized carbons (Fsp3) is 0.348. The van der Waals surface area contributed by atoms with Gasteiger partial charge in [0, 0.05) is 19.4 Å². The van der Waals surface area contributed by atoms with Gasteiger partial charge in [-0.2, -0.15) is 0 Å². The molecule has 1 unspecified atom stereocenters. The molecule has 0 N–H and O–H groups in total. The van der Waals surface area contributed by atoms with Crippen LogP contribution >= 0.6 is 11.8 Å². The SMILES string of the molecule is CCOC(=O)CCC(=O)SC1CCC(=O)N1Cc1ccc(Oc2ccccc2)cc1. The minimum absolute atomic E-state index is 0.0373. The Balaban J connectivity index is 1.54. The molecule has 1 aliphatic rings. The molecule has 0 bridgehead atoms. The second kappa shape index (κ2) is 10.8. The van der Waals surface area contributed by atoms with Crippen molar-refractivity contribution in [2.24, 2.45) is 0 Å². The van der Waals surface area contributed by atoms with E-state index in [1.54, 1.807) is 11.8 Å². The first-order valence-corrected chi connectivity index (χ1v) is 10.9.